The van der Waals surface area contributed by atoms with E-state index in [2.05, 4.69) is 5.32 Å². The van der Waals surface area contributed by atoms with E-state index in [9.17, 15) is 24.0 Å². The number of ether oxygens (including phenoxy) is 1. The summed E-state index contributed by atoms with van der Waals surface area (Å²) in [7, 11) is 1.50. The standard InChI is InChI=1S/C32H30N4O7.ClH/c1-18(33)30(39)34-25-17-36(31(40)21-10-8-20(9-11-21)19(2)37)27-7-5-4-6-26(27)35(32(25)41)16-22-14-29(38)43-28-15-23(42-3)12-13-24(22)28;/h4-15,18,25H,16-17,33H2,1-3H3,(H,34,39);1H. The van der Waals surface area contributed by atoms with Crippen molar-refractivity contribution in [1.82, 2.24) is 5.32 Å². The monoisotopic (exact) mass is 618 g/mol. The molecule has 12 heteroatoms. The van der Waals surface area contributed by atoms with Gasteiger partial charge in [0.1, 0.15) is 17.4 Å². The zero-order valence-electron chi connectivity index (χ0n) is 24.2. The van der Waals surface area contributed by atoms with E-state index in [0.29, 0.717) is 39.2 Å². The molecular formula is C32H31ClN4O7. The van der Waals surface area contributed by atoms with Crippen LogP contribution in [-0.4, -0.2) is 49.2 Å². The molecule has 4 aromatic rings. The summed E-state index contributed by atoms with van der Waals surface area (Å²) in [5.74, 6) is -1.15. The first-order valence-corrected chi connectivity index (χ1v) is 13.6. The number of ketones is 1. The Labute approximate surface area is 259 Å². The molecule has 5 rings (SSSR count). The summed E-state index contributed by atoms with van der Waals surface area (Å²) in [5.41, 5.74) is 7.53. The van der Waals surface area contributed by atoms with Crippen molar-refractivity contribution >= 4 is 58.3 Å². The number of benzene rings is 3. The number of nitrogens with one attached hydrogen (secondary N) is 1. The fourth-order valence-corrected chi connectivity index (χ4v) is 4.99. The number of carbonyl (C=O) groups is 4. The van der Waals surface area contributed by atoms with Crippen molar-refractivity contribution in [3.05, 3.63) is 99.9 Å². The van der Waals surface area contributed by atoms with Gasteiger partial charge < -0.3 is 30.0 Å². The van der Waals surface area contributed by atoms with Gasteiger partial charge in [0.15, 0.2) is 5.78 Å². The number of fused-ring (bicyclic) bond motifs is 2. The molecule has 0 saturated carbocycles. The highest BCUT2D eigenvalue weighted by atomic mass is 35.5. The third-order valence-electron chi connectivity index (χ3n) is 7.27. The number of anilines is 2. The maximum atomic E-state index is 14.2. The number of para-hydroxylation sites is 2. The van der Waals surface area contributed by atoms with Crippen molar-refractivity contribution in [1.29, 1.82) is 0 Å². The average Bonchev–Trinajstić information content (AvgIpc) is 3.11. The number of nitrogens with zero attached hydrogens (tertiary/aromatic N) is 2. The Kier molecular flexibility index (Phi) is 9.51. The minimum atomic E-state index is -1.17. The Bertz CT molecular complexity index is 1800. The van der Waals surface area contributed by atoms with Crippen molar-refractivity contribution in [3.8, 4) is 5.75 Å². The smallest absolute Gasteiger partial charge is 0.336 e. The van der Waals surface area contributed by atoms with Crippen LogP contribution in [0.1, 0.15) is 40.1 Å². The van der Waals surface area contributed by atoms with Crippen LogP contribution in [0.25, 0.3) is 11.0 Å². The van der Waals surface area contributed by atoms with Crippen LogP contribution in [-0.2, 0) is 16.1 Å². The van der Waals surface area contributed by atoms with Crippen LogP contribution in [0.2, 0.25) is 0 Å². The summed E-state index contributed by atoms with van der Waals surface area (Å²) in [6, 6.07) is 17.3. The van der Waals surface area contributed by atoms with Gasteiger partial charge in [0.25, 0.3) is 11.8 Å². The summed E-state index contributed by atoms with van der Waals surface area (Å²) in [6.07, 6.45) is 0. The first kappa shape index (κ1) is 31.9. The lowest BCUT2D eigenvalue weighted by molar-refractivity contribution is -0.127. The molecule has 2 atom stereocenters. The largest absolute Gasteiger partial charge is 0.497 e. The highest BCUT2D eigenvalue weighted by Crippen LogP contribution is 2.36. The molecule has 228 valence electrons. The van der Waals surface area contributed by atoms with E-state index < -0.39 is 35.4 Å². The summed E-state index contributed by atoms with van der Waals surface area (Å²) >= 11 is 0. The Balaban J connectivity index is 0.00000442. The molecule has 1 aliphatic rings. The molecule has 0 fully saturated rings. The Hall–Kier alpha value is -5.00. The summed E-state index contributed by atoms with van der Waals surface area (Å²) < 4.78 is 10.7. The molecule has 2 unspecified atom stereocenters. The number of amides is 3. The van der Waals surface area contributed by atoms with Crippen molar-refractivity contribution in [3.63, 3.8) is 0 Å². The predicted octanol–water partition coefficient (Wildman–Crippen LogP) is 3.45. The van der Waals surface area contributed by atoms with Crippen molar-refractivity contribution in [2.24, 2.45) is 5.73 Å². The highest BCUT2D eigenvalue weighted by molar-refractivity contribution is 6.13. The number of carbonyl (C=O) groups excluding carboxylic acids is 4. The van der Waals surface area contributed by atoms with Crippen LogP contribution < -0.4 is 31.2 Å². The van der Waals surface area contributed by atoms with E-state index in [-0.39, 0.29) is 36.9 Å². The van der Waals surface area contributed by atoms with Gasteiger partial charge in [0.2, 0.25) is 5.91 Å². The van der Waals surface area contributed by atoms with Gasteiger partial charge in [-0.05, 0) is 55.8 Å². The predicted molar refractivity (Wildman–Crippen MR) is 168 cm³/mol. The summed E-state index contributed by atoms with van der Waals surface area (Å²) in [4.78, 5) is 68.0. The molecular weight excluding hydrogens is 588 g/mol. The van der Waals surface area contributed by atoms with E-state index in [0.717, 1.165) is 0 Å². The fourth-order valence-electron chi connectivity index (χ4n) is 4.99. The second kappa shape index (κ2) is 13.1. The minimum Gasteiger partial charge on any atom is -0.497 e. The number of Topliss-reactive ketones (excluding diaryl/α,β-unsaturated/α-hetero) is 1. The maximum Gasteiger partial charge on any atom is 0.336 e. The number of hydrogen-bond donors (Lipinski definition) is 2. The van der Waals surface area contributed by atoms with Gasteiger partial charge in [-0.25, -0.2) is 4.79 Å². The SMILES string of the molecule is COc1ccc2c(CN3C(=O)C(NC(=O)C(C)N)CN(C(=O)c4ccc(C(C)=O)cc4)c4ccccc43)cc(=O)oc2c1.Cl. The van der Waals surface area contributed by atoms with Gasteiger partial charge >= 0.3 is 5.63 Å². The molecule has 3 aromatic carbocycles. The van der Waals surface area contributed by atoms with Crippen molar-refractivity contribution in [2.45, 2.75) is 32.5 Å². The lowest BCUT2D eigenvalue weighted by Gasteiger charge is -2.26. The van der Waals surface area contributed by atoms with E-state index in [1.165, 1.54) is 36.8 Å². The van der Waals surface area contributed by atoms with Crippen LogP contribution in [0.4, 0.5) is 11.4 Å². The quantitative estimate of drug-likeness (QED) is 0.236. The van der Waals surface area contributed by atoms with E-state index in [1.54, 1.807) is 66.7 Å². The van der Waals surface area contributed by atoms with Gasteiger partial charge in [-0.15, -0.1) is 12.4 Å². The first-order chi connectivity index (χ1) is 20.6. The zero-order valence-corrected chi connectivity index (χ0v) is 25.1. The topological polar surface area (TPSA) is 152 Å². The molecule has 0 bridgehead atoms. The average molecular weight is 619 g/mol. The van der Waals surface area contributed by atoms with Gasteiger partial charge in [-0.1, -0.05) is 24.3 Å². The lowest BCUT2D eigenvalue weighted by Crippen LogP contribution is -2.55. The second-order valence-corrected chi connectivity index (χ2v) is 10.3. The lowest BCUT2D eigenvalue weighted by atomic mass is 10.1. The minimum absolute atomic E-state index is 0. The summed E-state index contributed by atoms with van der Waals surface area (Å²) in [6.45, 7) is 2.67. The number of methoxy groups -OCH3 is 1. The second-order valence-electron chi connectivity index (χ2n) is 10.3. The Morgan fingerprint density at radius 1 is 1.00 bits per heavy atom. The Morgan fingerprint density at radius 3 is 2.30 bits per heavy atom. The van der Waals surface area contributed by atoms with Crippen molar-refractivity contribution < 1.29 is 28.3 Å². The molecule has 0 aliphatic carbocycles. The number of nitrogens with two attached hydrogens (primary N) is 1. The van der Waals surface area contributed by atoms with E-state index in [4.69, 9.17) is 14.9 Å². The molecule has 0 radical (unpaired) electrons. The number of halogens is 1. The number of rotatable bonds is 7. The van der Waals surface area contributed by atoms with Gasteiger partial charge in [0, 0.05) is 28.6 Å². The molecule has 3 N–H and O–H groups in total. The normalized spacial score (nSPS) is 15.1. The molecule has 44 heavy (non-hydrogen) atoms. The third kappa shape index (κ3) is 6.34. The first-order valence-electron chi connectivity index (χ1n) is 13.6. The maximum absolute atomic E-state index is 14.2. The van der Waals surface area contributed by atoms with Crippen LogP contribution in [0.15, 0.2) is 82.0 Å². The van der Waals surface area contributed by atoms with Crippen LogP contribution in [0.5, 0.6) is 5.75 Å². The third-order valence-corrected chi connectivity index (χ3v) is 7.27. The van der Waals surface area contributed by atoms with Gasteiger partial charge in [-0.3, -0.25) is 19.2 Å². The van der Waals surface area contributed by atoms with Gasteiger partial charge in [-0.2, -0.15) is 0 Å². The molecule has 0 spiro atoms. The van der Waals surface area contributed by atoms with Gasteiger partial charge in [0.05, 0.1) is 37.6 Å². The van der Waals surface area contributed by atoms with E-state index >= 15 is 0 Å². The van der Waals surface area contributed by atoms with Crippen LogP contribution in [0.3, 0.4) is 0 Å². The molecule has 1 aliphatic heterocycles. The highest BCUT2D eigenvalue weighted by Gasteiger charge is 2.37. The molecule has 0 saturated heterocycles. The molecule has 2 heterocycles. The molecule has 3 amide bonds. The Morgan fingerprint density at radius 2 is 1.66 bits per heavy atom. The summed E-state index contributed by atoms with van der Waals surface area (Å²) in [5, 5.41) is 3.28. The zero-order chi connectivity index (χ0) is 30.8. The molecule has 11 nitrogen and oxygen atoms in total. The van der Waals surface area contributed by atoms with Crippen LogP contribution >= 0.6 is 12.4 Å². The van der Waals surface area contributed by atoms with E-state index in [1.807, 2.05) is 0 Å². The van der Waals surface area contributed by atoms with Crippen molar-refractivity contribution in [2.75, 3.05) is 23.5 Å². The molecule has 1 aromatic heterocycles. The fraction of sp³-hybridized carbons (Fsp3) is 0.219. The number of hydrogen-bond acceptors (Lipinski definition) is 8. The van der Waals surface area contributed by atoms with Crippen LogP contribution in [0, 0.1) is 0 Å².